The van der Waals surface area contributed by atoms with Crippen LogP contribution < -0.4 is 5.32 Å². The van der Waals surface area contributed by atoms with Gasteiger partial charge in [0.05, 0.1) is 6.54 Å². The fourth-order valence-electron chi connectivity index (χ4n) is 1.76. The Hall–Kier alpha value is -1.55. The van der Waals surface area contributed by atoms with Crippen molar-refractivity contribution in [3.63, 3.8) is 0 Å². The maximum absolute atomic E-state index is 11.7. The molecule has 0 bridgehead atoms. The Morgan fingerprint density at radius 2 is 1.90 bits per heavy atom. The van der Waals surface area contributed by atoms with Crippen LogP contribution in [0.2, 0.25) is 5.02 Å². The van der Waals surface area contributed by atoms with Gasteiger partial charge in [-0.15, -0.1) is 0 Å². The van der Waals surface area contributed by atoms with Crippen molar-refractivity contribution in [3.05, 3.63) is 34.9 Å². The molecule has 2 amide bonds. The van der Waals surface area contributed by atoms with Crippen molar-refractivity contribution < 1.29 is 9.59 Å². The van der Waals surface area contributed by atoms with Crippen molar-refractivity contribution in [1.82, 2.24) is 10.2 Å². The molecular formula is C15H21ClN2O2. The lowest BCUT2D eigenvalue weighted by molar-refractivity contribution is -0.134. The second-order valence-corrected chi connectivity index (χ2v) is 5.10. The molecule has 0 aliphatic heterocycles. The Morgan fingerprint density at radius 1 is 1.25 bits per heavy atom. The maximum atomic E-state index is 11.7. The number of benzene rings is 1. The Morgan fingerprint density at radius 3 is 2.45 bits per heavy atom. The topological polar surface area (TPSA) is 49.4 Å². The number of rotatable bonds is 7. The van der Waals surface area contributed by atoms with Gasteiger partial charge in [-0.25, -0.2) is 0 Å². The highest BCUT2D eigenvalue weighted by molar-refractivity contribution is 6.30. The third-order valence-corrected chi connectivity index (χ3v) is 3.19. The third-order valence-electron chi connectivity index (χ3n) is 2.94. The van der Waals surface area contributed by atoms with Crippen LogP contribution in [0.15, 0.2) is 24.3 Å². The van der Waals surface area contributed by atoms with Gasteiger partial charge < -0.3 is 10.2 Å². The Kier molecular flexibility index (Phi) is 7.09. The van der Waals surface area contributed by atoms with Crippen LogP contribution in [-0.4, -0.2) is 36.3 Å². The first-order valence-electron chi connectivity index (χ1n) is 6.79. The summed E-state index contributed by atoms with van der Waals surface area (Å²) in [5, 5.41) is 3.46. The highest BCUT2D eigenvalue weighted by Crippen LogP contribution is 2.10. The molecule has 0 fully saturated rings. The minimum absolute atomic E-state index is 0.0920. The number of carbonyl (C=O) groups is 2. The summed E-state index contributed by atoms with van der Waals surface area (Å²) in [6.45, 7) is 4.75. The first-order valence-corrected chi connectivity index (χ1v) is 7.17. The zero-order valence-electron chi connectivity index (χ0n) is 12.0. The maximum Gasteiger partial charge on any atom is 0.239 e. The van der Waals surface area contributed by atoms with Crippen molar-refractivity contribution in [2.45, 2.75) is 26.7 Å². The number of carbonyl (C=O) groups excluding carboxylic acids is 2. The van der Waals surface area contributed by atoms with E-state index < -0.39 is 0 Å². The molecule has 5 heteroatoms. The van der Waals surface area contributed by atoms with E-state index in [0.29, 0.717) is 24.5 Å². The fourth-order valence-corrected chi connectivity index (χ4v) is 1.88. The number of nitrogens with zero attached hydrogens (tertiary/aromatic N) is 1. The van der Waals surface area contributed by atoms with E-state index in [1.54, 1.807) is 4.90 Å². The van der Waals surface area contributed by atoms with E-state index in [1.807, 2.05) is 31.2 Å². The van der Waals surface area contributed by atoms with Crippen LogP contribution in [0.3, 0.4) is 0 Å². The first-order chi connectivity index (χ1) is 9.52. The van der Waals surface area contributed by atoms with Crippen LogP contribution in [0.4, 0.5) is 0 Å². The third kappa shape index (κ3) is 6.06. The molecule has 0 aliphatic rings. The predicted molar refractivity (Wildman–Crippen MR) is 80.7 cm³/mol. The van der Waals surface area contributed by atoms with E-state index in [2.05, 4.69) is 5.32 Å². The van der Waals surface area contributed by atoms with Gasteiger partial charge in [0.25, 0.3) is 0 Å². The minimum Gasteiger partial charge on any atom is -0.355 e. The average molecular weight is 297 g/mol. The van der Waals surface area contributed by atoms with Gasteiger partial charge in [-0.3, -0.25) is 9.59 Å². The summed E-state index contributed by atoms with van der Waals surface area (Å²) in [5.74, 6) is -0.205. The van der Waals surface area contributed by atoms with Gasteiger partial charge in [-0.05, 0) is 30.5 Å². The van der Waals surface area contributed by atoms with E-state index in [4.69, 9.17) is 11.6 Å². The second kappa shape index (κ2) is 8.59. The van der Waals surface area contributed by atoms with Crippen molar-refractivity contribution in [3.8, 4) is 0 Å². The van der Waals surface area contributed by atoms with E-state index in [9.17, 15) is 9.59 Å². The number of nitrogens with one attached hydrogen (secondary N) is 1. The summed E-state index contributed by atoms with van der Waals surface area (Å²) >= 11 is 5.82. The zero-order valence-corrected chi connectivity index (χ0v) is 12.7. The van der Waals surface area contributed by atoms with Crippen LogP contribution in [0, 0.1) is 0 Å². The summed E-state index contributed by atoms with van der Waals surface area (Å²) < 4.78 is 0. The van der Waals surface area contributed by atoms with Gasteiger partial charge in [-0.1, -0.05) is 30.7 Å². The predicted octanol–water partition coefficient (Wildman–Crippen LogP) is 2.26. The molecule has 0 heterocycles. The summed E-state index contributed by atoms with van der Waals surface area (Å²) in [4.78, 5) is 24.8. The second-order valence-electron chi connectivity index (χ2n) is 4.67. The normalized spacial score (nSPS) is 10.2. The fraction of sp³-hybridized carbons (Fsp3) is 0.467. The Labute approximate surface area is 125 Å². The first kappa shape index (κ1) is 16.5. The van der Waals surface area contributed by atoms with E-state index >= 15 is 0 Å². The minimum atomic E-state index is -0.113. The molecular weight excluding hydrogens is 276 g/mol. The van der Waals surface area contributed by atoms with Gasteiger partial charge in [0.1, 0.15) is 0 Å². The number of amides is 2. The molecule has 0 spiro atoms. The zero-order chi connectivity index (χ0) is 15.0. The summed E-state index contributed by atoms with van der Waals surface area (Å²) in [6, 6.07) is 7.50. The van der Waals surface area contributed by atoms with Crippen LogP contribution in [-0.2, 0) is 16.0 Å². The molecule has 1 rings (SSSR count). The lowest BCUT2D eigenvalue weighted by atomic mass is 10.1. The lowest BCUT2D eigenvalue weighted by Crippen LogP contribution is -2.40. The molecule has 1 N–H and O–H groups in total. The van der Waals surface area contributed by atoms with E-state index in [0.717, 1.165) is 12.0 Å². The van der Waals surface area contributed by atoms with Crippen molar-refractivity contribution >= 4 is 23.4 Å². The highest BCUT2D eigenvalue weighted by Gasteiger charge is 2.13. The monoisotopic (exact) mass is 296 g/mol. The molecule has 0 unspecified atom stereocenters. The smallest absolute Gasteiger partial charge is 0.239 e. The molecule has 0 aliphatic carbocycles. The Bertz CT molecular complexity index is 446. The van der Waals surface area contributed by atoms with Crippen molar-refractivity contribution in [2.24, 2.45) is 0 Å². The van der Waals surface area contributed by atoms with Crippen molar-refractivity contribution in [2.75, 3.05) is 19.6 Å². The number of halogens is 1. The van der Waals surface area contributed by atoms with Gasteiger partial charge >= 0.3 is 0 Å². The molecule has 110 valence electrons. The summed E-state index contributed by atoms with van der Waals surface area (Å²) in [6.07, 6.45) is 1.59. The molecule has 1 aromatic carbocycles. The summed E-state index contributed by atoms with van der Waals surface area (Å²) in [7, 11) is 0. The van der Waals surface area contributed by atoms with E-state index in [1.165, 1.54) is 6.92 Å². The quantitative estimate of drug-likeness (QED) is 0.839. The van der Waals surface area contributed by atoms with Gasteiger partial charge in [-0.2, -0.15) is 0 Å². The van der Waals surface area contributed by atoms with Gasteiger partial charge in [0.15, 0.2) is 0 Å². The van der Waals surface area contributed by atoms with Crippen LogP contribution >= 0.6 is 11.6 Å². The average Bonchev–Trinajstić information content (AvgIpc) is 2.42. The molecule has 0 atom stereocenters. The standard InChI is InChI=1S/C15H21ClN2O2/c1-3-9-17-15(20)11-18(12(2)19)10-8-13-4-6-14(16)7-5-13/h4-7H,3,8-11H2,1-2H3,(H,17,20). The molecule has 4 nitrogen and oxygen atoms in total. The molecule has 20 heavy (non-hydrogen) atoms. The lowest BCUT2D eigenvalue weighted by Gasteiger charge is -2.20. The SMILES string of the molecule is CCCNC(=O)CN(CCc1ccc(Cl)cc1)C(C)=O. The van der Waals surface area contributed by atoms with E-state index in [-0.39, 0.29) is 18.4 Å². The van der Waals surface area contributed by atoms with Gasteiger partial charge in [0.2, 0.25) is 11.8 Å². The molecule has 1 aromatic rings. The highest BCUT2D eigenvalue weighted by atomic mass is 35.5. The number of hydrogen-bond donors (Lipinski definition) is 1. The molecule has 0 radical (unpaired) electrons. The summed E-state index contributed by atoms with van der Waals surface area (Å²) in [5.41, 5.74) is 1.09. The van der Waals surface area contributed by atoms with Crippen LogP contribution in [0.25, 0.3) is 0 Å². The van der Waals surface area contributed by atoms with Crippen LogP contribution in [0.1, 0.15) is 25.8 Å². The van der Waals surface area contributed by atoms with Gasteiger partial charge in [0, 0.05) is 25.0 Å². The largest absolute Gasteiger partial charge is 0.355 e. The Balaban J connectivity index is 2.48. The van der Waals surface area contributed by atoms with Crippen LogP contribution in [0.5, 0.6) is 0 Å². The molecule has 0 aromatic heterocycles. The number of hydrogen-bond acceptors (Lipinski definition) is 2. The van der Waals surface area contributed by atoms with Crippen molar-refractivity contribution in [1.29, 1.82) is 0 Å². The molecule has 0 saturated heterocycles. The molecule has 0 saturated carbocycles.